The van der Waals surface area contributed by atoms with Crippen LogP contribution in [0.15, 0.2) is 55.3 Å². The maximum Gasteiger partial charge on any atom is 0.322 e. The highest BCUT2D eigenvalue weighted by Crippen LogP contribution is 2.30. The molecular weight excluding hydrogens is 380 g/mol. The van der Waals surface area contributed by atoms with Crippen molar-refractivity contribution in [2.45, 2.75) is 31.5 Å². The van der Waals surface area contributed by atoms with Crippen LogP contribution in [0, 0.1) is 0 Å². The van der Waals surface area contributed by atoms with Crippen LogP contribution >= 0.6 is 0 Å². The number of nitrogens with one attached hydrogen (secondary N) is 2. The molecule has 7 heteroatoms. The lowest BCUT2D eigenvalue weighted by atomic mass is 9.93. The van der Waals surface area contributed by atoms with Crippen molar-refractivity contribution < 1.29 is 14.3 Å². The Hall–Kier alpha value is -2.90. The summed E-state index contributed by atoms with van der Waals surface area (Å²) in [4.78, 5) is 29.4. The van der Waals surface area contributed by atoms with E-state index in [1.54, 1.807) is 19.3 Å². The molecule has 0 aromatic heterocycles. The van der Waals surface area contributed by atoms with E-state index in [0.717, 1.165) is 18.7 Å². The van der Waals surface area contributed by atoms with Gasteiger partial charge in [-0.1, -0.05) is 25.3 Å². The monoisotopic (exact) mass is 410 g/mol. The molecule has 1 aromatic carbocycles. The molecule has 1 fully saturated rings. The average molecular weight is 411 g/mol. The third-order valence-electron chi connectivity index (χ3n) is 5.92. The van der Waals surface area contributed by atoms with Crippen LogP contribution in [0.1, 0.15) is 24.1 Å². The Morgan fingerprint density at radius 2 is 2.07 bits per heavy atom. The van der Waals surface area contributed by atoms with Gasteiger partial charge in [0.25, 0.3) is 0 Å². The third-order valence-corrected chi connectivity index (χ3v) is 5.92. The Bertz CT molecular complexity index is 879. The van der Waals surface area contributed by atoms with Crippen LogP contribution in [-0.4, -0.2) is 61.1 Å². The summed E-state index contributed by atoms with van der Waals surface area (Å²) >= 11 is 0. The van der Waals surface area contributed by atoms with E-state index in [0.29, 0.717) is 18.3 Å². The minimum atomic E-state index is -0.703. The zero-order chi connectivity index (χ0) is 21.8. The summed E-state index contributed by atoms with van der Waals surface area (Å²) in [6, 6.07) is 5.29. The van der Waals surface area contributed by atoms with Gasteiger partial charge >= 0.3 is 6.03 Å². The summed E-state index contributed by atoms with van der Waals surface area (Å²) in [5.41, 5.74) is 3.78. The van der Waals surface area contributed by atoms with Gasteiger partial charge < -0.3 is 20.3 Å². The molecule has 7 nitrogen and oxygen atoms in total. The van der Waals surface area contributed by atoms with Crippen LogP contribution in [-0.2, 0) is 16.0 Å². The number of likely N-dealkylation sites (tertiary alicyclic amines) is 1. The van der Waals surface area contributed by atoms with E-state index in [4.69, 9.17) is 4.74 Å². The van der Waals surface area contributed by atoms with Gasteiger partial charge in [0, 0.05) is 31.1 Å². The highest BCUT2D eigenvalue weighted by molar-refractivity contribution is 5.99. The fraction of sp³-hybridized carbons (Fsp3) is 0.391. The van der Waals surface area contributed by atoms with Gasteiger partial charge in [-0.3, -0.25) is 9.69 Å². The molecule has 2 heterocycles. The van der Waals surface area contributed by atoms with Crippen LogP contribution in [0.2, 0.25) is 0 Å². The SMILES string of the molecule is C=C/C=C(\C=C)NC(=O)N1C[C@H](OC)[C@@H]1C(=O)Nc1ccc2c(c1)CCN(C)[C@@H]2C. The predicted molar refractivity (Wildman–Crippen MR) is 118 cm³/mol. The van der Waals surface area contributed by atoms with Crippen molar-refractivity contribution in [2.24, 2.45) is 0 Å². The predicted octanol–water partition coefficient (Wildman–Crippen LogP) is 2.84. The van der Waals surface area contributed by atoms with Crippen molar-refractivity contribution in [3.8, 4) is 0 Å². The van der Waals surface area contributed by atoms with Gasteiger partial charge in [-0.05, 0) is 55.8 Å². The van der Waals surface area contributed by atoms with Gasteiger partial charge in [-0.2, -0.15) is 0 Å². The zero-order valence-corrected chi connectivity index (χ0v) is 17.9. The summed E-state index contributed by atoms with van der Waals surface area (Å²) in [6.07, 6.45) is 5.31. The highest BCUT2D eigenvalue weighted by Gasteiger charge is 2.47. The number of hydrogen-bond donors (Lipinski definition) is 2. The molecule has 0 radical (unpaired) electrons. The molecule has 0 bridgehead atoms. The van der Waals surface area contributed by atoms with E-state index in [2.05, 4.69) is 48.7 Å². The Balaban J connectivity index is 1.71. The molecule has 3 rings (SSSR count). The molecule has 2 aliphatic rings. The number of amides is 3. The Morgan fingerprint density at radius 3 is 2.73 bits per heavy atom. The summed E-state index contributed by atoms with van der Waals surface area (Å²) in [5.74, 6) is -0.267. The van der Waals surface area contributed by atoms with Crippen molar-refractivity contribution in [3.05, 3.63) is 66.4 Å². The van der Waals surface area contributed by atoms with Gasteiger partial charge in [0.05, 0.1) is 6.54 Å². The number of methoxy groups -OCH3 is 1. The lowest BCUT2D eigenvalue weighted by Crippen LogP contribution is -2.68. The molecule has 3 atom stereocenters. The van der Waals surface area contributed by atoms with Gasteiger partial charge in [-0.25, -0.2) is 4.79 Å². The van der Waals surface area contributed by atoms with E-state index in [9.17, 15) is 9.59 Å². The number of ether oxygens (including phenoxy) is 1. The molecule has 30 heavy (non-hydrogen) atoms. The quantitative estimate of drug-likeness (QED) is 0.708. The molecule has 2 N–H and O–H groups in total. The largest absolute Gasteiger partial charge is 0.377 e. The second-order valence-electron chi connectivity index (χ2n) is 7.67. The number of carbonyl (C=O) groups excluding carboxylic acids is 2. The average Bonchev–Trinajstić information content (AvgIpc) is 2.70. The van der Waals surface area contributed by atoms with E-state index in [1.807, 2.05) is 12.1 Å². The number of anilines is 1. The standard InChI is InChI=1S/C23H30N4O3/c1-6-8-17(7-2)25-23(29)27-14-20(30-5)21(27)22(28)24-18-9-10-19-15(3)26(4)12-11-16(19)13-18/h6-10,13,15,20-21H,1-2,11-12,14H2,3-5H3,(H,24,28)(H,25,29)/b17-8+/t15-,20+,21-/m1/s1. The molecule has 0 unspecified atom stereocenters. The first-order chi connectivity index (χ1) is 14.4. The van der Waals surface area contributed by atoms with Crippen molar-refractivity contribution in [1.29, 1.82) is 0 Å². The fourth-order valence-electron chi connectivity index (χ4n) is 3.93. The summed E-state index contributed by atoms with van der Waals surface area (Å²) in [5, 5.41) is 5.69. The van der Waals surface area contributed by atoms with Crippen molar-refractivity contribution in [3.63, 3.8) is 0 Å². The number of nitrogens with zero attached hydrogens (tertiary/aromatic N) is 2. The molecular formula is C23H30N4O3. The number of likely N-dealkylation sites (N-methyl/N-ethyl adjacent to an activating group) is 1. The van der Waals surface area contributed by atoms with E-state index in [-0.39, 0.29) is 18.0 Å². The number of carbonyl (C=O) groups is 2. The van der Waals surface area contributed by atoms with Crippen LogP contribution in [0.25, 0.3) is 0 Å². The van der Waals surface area contributed by atoms with E-state index in [1.165, 1.54) is 22.1 Å². The van der Waals surface area contributed by atoms with Crippen LogP contribution in [0.3, 0.4) is 0 Å². The van der Waals surface area contributed by atoms with Crippen molar-refractivity contribution in [1.82, 2.24) is 15.1 Å². The maximum absolute atomic E-state index is 13.0. The van der Waals surface area contributed by atoms with Gasteiger partial charge in [0.1, 0.15) is 12.1 Å². The van der Waals surface area contributed by atoms with Crippen LogP contribution in [0.5, 0.6) is 0 Å². The fourth-order valence-corrected chi connectivity index (χ4v) is 3.93. The molecule has 1 aromatic rings. The molecule has 2 aliphatic heterocycles. The van der Waals surface area contributed by atoms with Gasteiger partial charge in [0.15, 0.2) is 0 Å². The van der Waals surface area contributed by atoms with Crippen molar-refractivity contribution >= 4 is 17.6 Å². The first-order valence-corrected chi connectivity index (χ1v) is 10.1. The first kappa shape index (κ1) is 21.8. The topological polar surface area (TPSA) is 73.9 Å². The van der Waals surface area contributed by atoms with Gasteiger partial charge in [-0.15, -0.1) is 0 Å². The number of allylic oxidation sites excluding steroid dienone is 3. The normalized spacial score (nSPS) is 23.8. The smallest absolute Gasteiger partial charge is 0.322 e. The van der Waals surface area contributed by atoms with Crippen LogP contribution in [0.4, 0.5) is 10.5 Å². The minimum absolute atomic E-state index is 0.267. The maximum atomic E-state index is 13.0. The molecule has 1 saturated heterocycles. The van der Waals surface area contributed by atoms with Crippen molar-refractivity contribution in [2.75, 3.05) is 32.6 Å². The Kier molecular flexibility index (Phi) is 6.74. The molecule has 0 aliphatic carbocycles. The molecule has 3 amide bonds. The molecule has 0 saturated carbocycles. The summed E-state index contributed by atoms with van der Waals surface area (Å²) in [6.45, 7) is 10.8. The van der Waals surface area contributed by atoms with Gasteiger partial charge in [0.2, 0.25) is 5.91 Å². The summed E-state index contributed by atoms with van der Waals surface area (Å²) < 4.78 is 5.39. The number of hydrogen-bond acceptors (Lipinski definition) is 4. The lowest BCUT2D eigenvalue weighted by Gasteiger charge is -2.45. The number of fused-ring (bicyclic) bond motifs is 1. The number of rotatable bonds is 6. The molecule has 0 spiro atoms. The zero-order valence-electron chi connectivity index (χ0n) is 17.9. The second-order valence-corrected chi connectivity index (χ2v) is 7.67. The Morgan fingerprint density at radius 1 is 1.30 bits per heavy atom. The minimum Gasteiger partial charge on any atom is -0.377 e. The number of urea groups is 1. The molecule has 160 valence electrons. The van der Waals surface area contributed by atoms with E-state index < -0.39 is 6.04 Å². The number of benzene rings is 1. The first-order valence-electron chi connectivity index (χ1n) is 10.1. The van der Waals surface area contributed by atoms with E-state index >= 15 is 0 Å². The lowest BCUT2D eigenvalue weighted by molar-refractivity contribution is -0.135. The second kappa shape index (κ2) is 9.28. The summed E-state index contributed by atoms with van der Waals surface area (Å²) in [7, 11) is 3.66. The van der Waals surface area contributed by atoms with Crippen LogP contribution < -0.4 is 10.6 Å². The third kappa shape index (κ3) is 4.32. The Labute approximate surface area is 178 Å². The highest BCUT2D eigenvalue weighted by atomic mass is 16.5.